The van der Waals surface area contributed by atoms with E-state index in [-0.39, 0.29) is 23.3 Å². The zero-order chi connectivity index (χ0) is 23.3. The van der Waals surface area contributed by atoms with Gasteiger partial charge in [0, 0.05) is 5.69 Å². The van der Waals surface area contributed by atoms with Crippen molar-refractivity contribution in [3.8, 4) is 5.75 Å². The molecule has 32 heavy (non-hydrogen) atoms. The van der Waals surface area contributed by atoms with Crippen molar-refractivity contribution in [2.45, 2.75) is 27.7 Å². The fourth-order valence-corrected chi connectivity index (χ4v) is 3.23. The Morgan fingerprint density at radius 2 is 1.75 bits per heavy atom. The van der Waals surface area contributed by atoms with Crippen LogP contribution in [0.1, 0.15) is 32.7 Å². The predicted octanol–water partition coefficient (Wildman–Crippen LogP) is 4.14. The second-order valence-electron chi connectivity index (χ2n) is 7.35. The van der Waals surface area contributed by atoms with Gasteiger partial charge in [0.05, 0.1) is 11.2 Å². The van der Waals surface area contributed by atoms with Crippen molar-refractivity contribution in [1.82, 2.24) is 15.4 Å². The molecule has 2 aromatic carbocycles. The zero-order valence-electron chi connectivity index (χ0n) is 18.2. The molecule has 3 aromatic rings. The summed E-state index contributed by atoms with van der Waals surface area (Å²) in [4.78, 5) is 32.9. The Morgan fingerprint density at radius 3 is 2.44 bits per heavy atom. The number of rotatable bonds is 7. The second-order valence-corrected chi connectivity index (χ2v) is 7.75. The molecule has 9 heteroatoms. The molecular formula is C23H24ClN5O3. The van der Waals surface area contributed by atoms with Crippen LogP contribution in [0.25, 0.3) is 0 Å². The number of para-hydroxylation sites is 1. The van der Waals surface area contributed by atoms with E-state index in [1.807, 2.05) is 64.1 Å². The quantitative estimate of drug-likeness (QED) is 0.464. The summed E-state index contributed by atoms with van der Waals surface area (Å²) in [5.74, 6) is -0.249. The first-order chi connectivity index (χ1) is 15.2. The molecule has 166 valence electrons. The van der Waals surface area contributed by atoms with Gasteiger partial charge in [0.15, 0.2) is 12.3 Å². The number of anilines is 2. The maximum Gasteiger partial charge on any atom is 0.276 e. The minimum atomic E-state index is -0.489. The summed E-state index contributed by atoms with van der Waals surface area (Å²) in [7, 11) is 0. The van der Waals surface area contributed by atoms with Gasteiger partial charge in [-0.1, -0.05) is 47.5 Å². The number of ether oxygens (including phenoxy) is 1. The molecule has 0 saturated carbocycles. The van der Waals surface area contributed by atoms with Gasteiger partial charge in [0.1, 0.15) is 5.75 Å². The Bertz CT molecular complexity index is 1150. The number of carbonyl (C=O) groups excluding carboxylic acids is 2. The molecule has 8 nitrogen and oxygen atoms in total. The van der Waals surface area contributed by atoms with Crippen LogP contribution in [0.5, 0.6) is 5.75 Å². The number of hydrogen-bond donors (Lipinski definition) is 3. The van der Waals surface area contributed by atoms with E-state index in [1.54, 1.807) is 0 Å². The molecule has 3 N–H and O–H groups in total. The lowest BCUT2D eigenvalue weighted by atomic mass is 10.1. The van der Waals surface area contributed by atoms with Gasteiger partial charge >= 0.3 is 0 Å². The van der Waals surface area contributed by atoms with Crippen LogP contribution < -0.4 is 20.9 Å². The summed E-state index contributed by atoms with van der Waals surface area (Å²) >= 11 is 6.11. The topological polar surface area (TPSA) is 105 Å². The lowest BCUT2D eigenvalue weighted by Crippen LogP contribution is -2.34. The van der Waals surface area contributed by atoms with Crippen molar-refractivity contribution in [3.63, 3.8) is 0 Å². The lowest BCUT2D eigenvalue weighted by Gasteiger charge is -2.13. The van der Waals surface area contributed by atoms with Gasteiger partial charge in [0.2, 0.25) is 5.95 Å². The molecule has 0 aliphatic rings. The van der Waals surface area contributed by atoms with Gasteiger partial charge in [-0.3, -0.25) is 20.4 Å². The summed E-state index contributed by atoms with van der Waals surface area (Å²) in [6, 6.07) is 11.4. The molecule has 0 aliphatic heterocycles. The molecule has 2 amide bonds. The number of amides is 2. The van der Waals surface area contributed by atoms with Crippen LogP contribution in [0.4, 0.5) is 11.6 Å². The van der Waals surface area contributed by atoms with Gasteiger partial charge in [-0.2, -0.15) is 0 Å². The number of hydrazine groups is 1. The smallest absolute Gasteiger partial charge is 0.276 e. The fraction of sp³-hybridized carbons (Fsp3) is 0.217. The normalized spacial score (nSPS) is 10.4. The van der Waals surface area contributed by atoms with E-state index in [9.17, 15) is 9.59 Å². The number of halogens is 1. The highest BCUT2D eigenvalue weighted by atomic mass is 35.5. The number of benzene rings is 2. The van der Waals surface area contributed by atoms with Crippen LogP contribution >= 0.6 is 11.6 Å². The van der Waals surface area contributed by atoms with Crippen molar-refractivity contribution in [3.05, 3.63) is 75.6 Å². The van der Waals surface area contributed by atoms with Gasteiger partial charge in [-0.15, -0.1) is 0 Å². The monoisotopic (exact) mass is 453 g/mol. The summed E-state index contributed by atoms with van der Waals surface area (Å²) in [5, 5.41) is 2.87. The van der Waals surface area contributed by atoms with E-state index in [0.29, 0.717) is 11.4 Å². The molecule has 0 saturated heterocycles. The van der Waals surface area contributed by atoms with Gasteiger partial charge in [-0.05, 0) is 50.5 Å². The van der Waals surface area contributed by atoms with E-state index in [0.717, 1.165) is 22.3 Å². The second kappa shape index (κ2) is 10.1. The largest absolute Gasteiger partial charge is 0.483 e. The van der Waals surface area contributed by atoms with Crippen LogP contribution in [0, 0.1) is 27.7 Å². The van der Waals surface area contributed by atoms with Crippen molar-refractivity contribution in [1.29, 1.82) is 0 Å². The molecule has 0 radical (unpaired) electrons. The minimum Gasteiger partial charge on any atom is -0.483 e. The summed E-state index contributed by atoms with van der Waals surface area (Å²) in [6.45, 7) is 7.48. The van der Waals surface area contributed by atoms with Crippen LogP contribution in [-0.2, 0) is 4.79 Å². The van der Waals surface area contributed by atoms with Crippen LogP contribution in [0.2, 0.25) is 5.02 Å². The molecule has 0 aliphatic carbocycles. The minimum absolute atomic E-state index is 0.0144. The Hall–Kier alpha value is -3.65. The molecule has 0 unspecified atom stereocenters. The van der Waals surface area contributed by atoms with E-state index >= 15 is 0 Å². The Labute approximate surface area is 191 Å². The molecule has 0 bridgehead atoms. The predicted molar refractivity (Wildman–Crippen MR) is 124 cm³/mol. The van der Waals surface area contributed by atoms with E-state index in [2.05, 4.69) is 26.1 Å². The van der Waals surface area contributed by atoms with E-state index in [1.165, 1.54) is 6.20 Å². The molecule has 0 spiro atoms. The van der Waals surface area contributed by atoms with Crippen LogP contribution in [0.15, 0.2) is 42.6 Å². The lowest BCUT2D eigenvalue weighted by molar-refractivity contribution is -0.122. The number of carbonyl (C=O) groups is 2. The zero-order valence-corrected chi connectivity index (χ0v) is 19.0. The highest BCUT2D eigenvalue weighted by Crippen LogP contribution is 2.22. The maximum absolute atomic E-state index is 12.7. The summed E-state index contributed by atoms with van der Waals surface area (Å²) in [5.41, 5.74) is 9.53. The molecule has 0 atom stereocenters. The Kier molecular flexibility index (Phi) is 7.27. The Morgan fingerprint density at radius 1 is 1.03 bits per heavy atom. The molecule has 1 heterocycles. The molecular weight excluding hydrogens is 430 g/mol. The number of hydrogen-bond acceptors (Lipinski definition) is 6. The van der Waals surface area contributed by atoms with Crippen molar-refractivity contribution in [2.75, 3.05) is 17.3 Å². The highest BCUT2D eigenvalue weighted by molar-refractivity contribution is 6.34. The first-order valence-corrected chi connectivity index (χ1v) is 10.3. The van der Waals surface area contributed by atoms with E-state index < -0.39 is 11.8 Å². The van der Waals surface area contributed by atoms with Gasteiger partial charge in [-0.25, -0.2) is 9.97 Å². The van der Waals surface area contributed by atoms with Gasteiger partial charge in [0.25, 0.3) is 11.8 Å². The molecule has 3 rings (SSSR count). The molecule has 0 fully saturated rings. The number of nitrogens with zero attached hydrogens (tertiary/aromatic N) is 2. The number of aryl methyl sites for hydroxylation is 4. The van der Waals surface area contributed by atoms with Crippen molar-refractivity contribution < 1.29 is 14.3 Å². The first-order valence-electron chi connectivity index (χ1n) is 9.89. The van der Waals surface area contributed by atoms with E-state index in [4.69, 9.17) is 16.3 Å². The van der Waals surface area contributed by atoms with Crippen LogP contribution in [-0.4, -0.2) is 28.4 Å². The summed E-state index contributed by atoms with van der Waals surface area (Å²) < 4.78 is 5.61. The third-order valence-electron chi connectivity index (χ3n) is 4.66. The summed E-state index contributed by atoms with van der Waals surface area (Å²) in [6.07, 6.45) is 1.28. The average molecular weight is 454 g/mol. The maximum atomic E-state index is 12.7. The molecule has 1 aromatic heterocycles. The third-order valence-corrected chi connectivity index (χ3v) is 4.94. The average Bonchev–Trinajstić information content (AvgIpc) is 2.74. The SMILES string of the molecule is Cc1ccc(NC(=O)c2nc(NNC(=O)COc3c(C)cccc3C)ncc2Cl)c(C)c1. The number of nitrogens with one attached hydrogen (secondary N) is 3. The fourth-order valence-electron chi connectivity index (χ4n) is 3.05. The van der Waals surface area contributed by atoms with Crippen molar-refractivity contribution >= 4 is 35.1 Å². The van der Waals surface area contributed by atoms with Crippen LogP contribution in [0.3, 0.4) is 0 Å². The Balaban J connectivity index is 1.61. The third kappa shape index (κ3) is 5.73. The van der Waals surface area contributed by atoms with Crippen molar-refractivity contribution in [2.24, 2.45) is 0 Å². The first kappa shape index (κ1) is 23.0. The number of aromatic nitrogens is 2. The highest BCUT2D eigenvalue weighted by Gasteiger charge is 2.16. The van der Waals surface area contributed by atoms with Gasteiger partial charge < -0.3 is 10.1 Å². The standard InChI is InChI=1S/C23H24ClN5O3/c1-13-8-9-18(16(4)10-13)26-22(31)20-17(24)11-25-23(27-20)29-28-19(30)12-32-21-14(2)6-5-7-15(21)3/h5-11H,12H2,1-4H3,(H,26,31)(H,28,30)(H,25,27,29).